The van der Waals surface area contributed by atoms with Crippen LogP contribution in [0.4, 0.5) is 0 Å². The van der Waals surface area contributed by atoms with Gasteiger partial charge < -0.3 is 0 Å². The van der Waals surface area contributed by atoms with Gasteiger partial charge in [0, 0.05) is 12.3 Å². The van der Waals surface area contributed by atoms with Crippen molar-refractivity contribution in [3.05, 3.63) is 35.4 Å². The zero-order chi connectivity index (χ0) is 15.7. The maximum atomic E-state index is 12.8. The number of benzene rings is 1. The molecule has 3 rings (SSSR count). The lowest BCUT2D eigenvalue weighted by atomic mass is 9.76. The SMILES string of the molecule is C[C@H]1CCCC[C@H]1C(=O)CC1=NC(C)(C)Cc2ccccc21. The lowest BCUT2D eigenvalue weighted by molar-refractivity contribution is -0.124. The third-order valence-corrected chi connectivity index (χ3v) is 5.26. The second kappa shape index (κ2) is 5.98. The molecule has 1 aromatic carbocycles. The second-order valence-corrected chi connectivity index (χ2v) is 7.72. The first kappa shape index (κ1) is 15.5. The quantitative estimate of drug-likeness (QED) is 0.802. The van der Waals surface area contributed by atoms with Crippen molar-refractivity contribution in [3.63, 3.8) is 0 Å². The summed E-state index contributed by atoms with van der Waals surface area (Å²) in [6.45, 7) is 6.57. The van der Waals surface area contributed by atoms with E-state index in [2.05, 4.69) is 45.0 Å². The minimum Gasteiger partial charge on any atom is -0.299 e. The van der Waals surface area contributed by atoms with Crippen molar-refractivity contribution in [2.24, 2.45) is 16.8 Å². The Morgan fingerprint density at radius 1 is 1.23 bits per heavy atom. The fourth-order valence-corrected chi connectivity index (χ4v) is 4.11. The Kier molecular flexibility index (Phi) is 4.20. The molecule has 2 heteroatoms. The zero-order valence-corrected chi connectivity index (χ0v) is 14.1. The minimum atomic E-state index is -0.0951. The normalized spacial score (nSPS) is 27.0. The van der Waals surface area contributed by atoms with Crippen molar-refractivity contribution >= 4 is 11.5 Å². The number of hydrogen-bond acceptors (Lipinski definition) is 2. The molecule has 0 N–H and O–H groups in total. The molecular formula is C20H27NO. The van der Waals surface area contributed by atoms with E-state index in [4.69, 9.17) is 4.99 Å². The number of aliphatic imine (C=N–C) groups is 1. The van der Waals surface area contributed by atoms with Gasteiger partial charge in [-0.25, -0.2) is 0 Å². The number of hydrogen-bond donors (Lipinski definition) is 0. The summed E-state index contributed by atoms with van der Waals surface area (Å²) in [6.07, 6.45) is 6.22. The molecule has 118 valence electrons. The smallest absolute Gasteiger partial charge is 0.142 e. The average Bonchev–Trinajstić information content (AvgIpc) is 2.46. The highest BCUT2D eigenvalue weighted by Crippen LogP contribution is 2.33. The van der Waals surface area contributed by atoms with Gasteiger partial charge in [0.1, 0.15) is 5.78 Å². The number of Topliss-reactive ketones (excluding diaryl/α,β-unsaturated/α-hetero) is 1. The lowest BCUT2D eigenvalue weighted by Crippen LogP contribution is -2.32. The van der Waals surface area contributed by atoms with E-state index in [0.29, 0.717) is 18.1 Å². The minimum absolute atomic E-state index is 0.0951. The summed E-state index contributed by atoms with van der Waals surface area (Å²) in [4.78, 5) is 17.7. The highest BCUT2D eigenvalue weighted by Gasteiger charge is 2.31. The summed E-state index contributed by atoms with van der Waals surface area (Å²) < 4.78 is 0. The van der Waals surface area contributed by atoms with Crippen LogP contribution in [0.3, 0.4) is 0 Å². The molecular weight excluding hydrogens is 270 g/mol. The molecule has 22 heavy (non-hydrogen) atoms. The third kappa shape index (κ3) is 3.16. The number of carbonyl (C=O) groups is 1. The number of rotatable bonds is 3. The molecule has 1 aromatic rings. The molecule has 1 aliphatic heterocycles. The molecule has 0 amide bonds. The molecule has 0 aromatic heterocycles. The summed E-state index contributed by atoms with van der Waals surface area (Å²) in [7, 11) is 0. The molecule has 0 unspecified atom stereocenters. The van der Waals surface area contributed by atoms with Crippen LogP contribution in [0.15, 0.2) is 29.3 Å². The van der Waals surface area contributed by atoms with Gasteiger partial charge in [0.2, 0.25) is 0 Å². The monoisotopic (exact) mass is 297 g/mol. The predicted octanol–water partition coefficient (Wildman–Crippen LogP) is 4.60. The van der Waals surface area contributed by atoms with Crippen molar-refractivity contribution in [2.45, 2.75) is 64.8 Å². The van der Waals surface area contributed by atoms with Crippen LogP contribution in [0, 0.1) is 11.8 Å². The largest absolute Gasteiger partial charge is 0.299 e. The standard InChI is InChI=1S/C20H27NO/c1-14-8-4-6-10-16(14)19(22)12-18-17-11-7-5-9-15(17)13-20(2,3)21-18/h5,7,9,11,14,16H,4,6,8,10,12-13H2,1-3H3/t14-,16+/m0/s1. The van der Waals surface area contributed by atoms with E-state index >= 15 is 0 Å². The number of ketones is 1. The molecule has 2 nitrogen and oxygen atoms in total. The second-order valence-electron chi connectivity index (χ2n) is 7.72. The van der Waals surface area contributed by atoms with E-state index in [9.17, 15) is 4.79 Å². The van der Waals surface area contributed by atoms with Crippen molar-refractivity contribution in [1.82, 2.24) is 0 Å². The number of fused-ring (bicyclic) bond motifs is 1. The first-order valence-corrected chi connectivity index (χ1v) is 8.66. The molecule has 2 atom stereocenters. The van der Waals surface area contributed by atoms with Crippen molar-refractivity contribution in [1.29, 1.82) is 0 Å². The van der Waals surface area contributed by atoms with Gasteiger partial charge in [-0.1, -0.05) is 50.5 Å². The fourth-order valence-electron chi connectivity index (χ4n) is 4.11. The van der Waals surface area contributed by atoms with Crippen molar-refractivity contribution in [3.8, 4) is 0 Å². The van der Waals surface area contributed by atoms with Crippen LogP contribution in [0.2, 0.25) is 0 Å². The molecule has 1 fully saturated rings. The van der Waals surface area contributed by atoms with Crippen LogP contribution < -0.4 is 0 Å². The van der Waals surface area contributed by atoms with Gasteiger partial charge in [0.15, 0.2) is 0 Å². The maximum absolute atomic E-state index is 12.8. The molecule has 1 saturated carbocycles. The summed E-state index contributed by atoms with van der Waals surface area (Å²) in [5, 5.41) is 0. The van der Waals surface area contributed by atoms with Crippen molar-refractivity contribution in [2.75, 3.05) is 0 Å². The number of nitrogens with zero attached hydrogens (tertiary/aromatic N) is 1. The molecule has 1 aliphatic carbocycles. The average molecular weight is 297 g/mol. The van der Waals surface area contributed by atoms with Crippen molar-refractivity contribution < 1.29 is 4.79 Å². The zero-order valence-electron chi connectivity index (χ0n) is 14.1. The van der Waals surface area contributed by atoms with E-state index in [1.807, 2.05) is 0 Å². The van der Waals surface area contributed by atoms with E-state index in [1.165, 1.54) is 30.4 Å². The Hall–Kier alpha value is -1.44. The van der Waals surface area contributed by atoms with Crippen LogP contribution in [0.25, 0.3) is 0 Å². The van der Waals surface area contributed by atoms with Gasteiger partial charge in [0.25, 0.3) is 0 Å². The lowest BCUT2D eigenvalue weighted by Gasteiger charge is -2.31. The van der Waals surface area contributed by atoms with Gasteiger partial charge >= 0.3 is 0 Å². The van der Waals surface area contributed by atoms with Crippen LogP contribution in [0.5, 0.6) is 0 Å². The van der Waals surface area contributed by atoms with Crippen LogP contribution in [0.1, 0.15) is 64.0 Å². The summed E-state index contributed by atoms with van der Waals surface area (Å²) in [5.74, 6) is 1.18. The molecule has 0 saturated heterocycles. The van der Waals surface area contributed by atoms with E-state index in [0.717, 1.165) is 18.6 Å². The first-order valence-electron chi connectivity index (χ1n) is 8.66. The predicted molar refractivity (Wildman–Crippen MR) is 91.5 cm³/mol. The third-order valence-electron chi connectivity index (χ3n) is 5.26. The highest BCUT2D eigenvalue weighted by atomic mass is 16.1. The highest BCUT2D eigenvalue weighted by molar-refractivity contribution is 6.13. The Morgan fingerprint density at radius 2 is 1.95 bits per heavy atom. The molecule has 1 heterocycles. The van der Waals surface area contributed by atoms with Gasteiger partial charge in [-0.15, -0.1) is 0 Å². The Bertz CT molecular complexity index is 599. The van der Waals surface area contributed by atoms with Crippen LogP contribution in [-0.2, 0) is 11.2 Å². The molecule has 0 radical (unpaired) electrons. The molecule has 0 spiro atoms. The summed E-state index contributed by atoms with van der Waals surface area (Å²) in [6, 6.07) is 8.45. The molecule has 2 aliphatic rings. The Labute approximate surface area is 134 Å². The van der Waals surface area contributed by atoms with E-state index in [1.54, 1.807) is 0 Å². The van der Waals surface area contributed by atoms with Crippen LogP contribution >= 0.6 is 0 Å². The fraction of sp³-hybridized carbons (Fsp3) is 0.600. The topological polar surface area (TPSA) is 29.4 Å². The summed E-state index contributed by atoms with van der Waals surface area (Å²) >= 11 is 0. The van der Waals surface area contributed by atoms with E-state index in [-0.39, 0.29) is 11.5 Å². The molecule has 0 bridgehead atoms. The first-order chi connectivity index (χ1) is 10.5. The number of carbonyl (C=O) groups excluding carboxylic acids is 1. The van der Waals surface area contributed by atoms with Crippen LogP contribution in [-0.4, -0.2) is 17.0 Å². The Morgan fingerprint density at radius 3 is 2.73 bits per heavy atom. The van der Waals surface area contributed by atoms with Gasteiger partial charge in [-0.05, 0) is 43.7 Å². The Balaban J connectivity index is 1.84. The van der Waals surface area contributed by atoms with Gasteiger partial charge in [-0.3, -0.25) is 9.79 Å². The van der Waals surface area contributed by atoms with Gasteiger partial charge in [-0.2, -0.15) is 0 Å². The summed E-state index contributed by atoms with van der Waals surface area (Å²) in [5.41, 5.74) is 3.44. The van der Waals surface area contributed by atoms with Gasteiger partial charge in [0.05, 0.1) is 11.3 Å². The van der Waals surface area contributed by atoms with E-state index < -0.39 is 0 Å². The maximum Gasteiger partial charge on any atom is 0.142 e.